The van der Waals surface area contributed by atoms with E-state index in [9.17, 15) is 22.8 Å². The van der Waals surface area contributed by atoms with Crippen LogP contribution in [0.2, 0.25) is 0 Å². The van der Waals surface area contributed by atoms with Crippen molar-refractivity contribution in [3.05, 3.63) is 59.7 Å². The van der Waals surface area contributed by atoms with Crippen molar-refractivity contribution in [1.29, 1.82) is 0 Å². The molecule has 1 fully saturated rings. The highest BCUT2D eigenvalue weighted by atomic mass is 35.5. The summed E-state index contributed by atoms with van der Waals surface area (Å²) < 4.78 is 40.9. The second-order valence-corrected chi connectivity index (χ2v) is 7.25. The van der Waals surface area contributed by atoms with Crippen LogP contribution in [-0.4, -0.2) is 48.8 Å². The van der Waals surface area contributed by atoms with Gasteiger partial charge in [-0.15, -0.1) is 25.6 Å². The minimum absolute atomic E-state index is 0. The van der Waals surface area contributed by atoms with Gasteiger partial charge in [0.2, 0.25) is 5.91 Å². The number of hydrogen-bond acceptors (Lipinski definition) is 5. The Morgan fingerprint density at radius 1 is 1.16 bits per heavy atom. The van der Waals surface area contributed by atoms with Crippen molar-refractivity contribution in [3.63, 3.8) is 0 Å². The molecule has 0 saturated carbocycles. The molecule has 0 bridgehead atoms. The van der Waals surface area contributed by atoms with Gasteiger partial charge in [0.05, 0.1) is 12.1 Å². The van der Waals surface area contributed by atoms with Crippen molar-refractivity contribution >= 4 is 29.9 Å². The molecule has 11 heteroatoms. The predicted molar refractivity (Wildman–Crippen MR) is 115 cm³/mol. The van der Waals surface area contributed by atoms with Gasteiger partial charge in [-0.25, -0.2) is 0 Å². The lowest BCUT2D eigenvalue weighted by Crippen LogP contribution is -2.43. The fourth-order valence-electron chi connectivity index (χ4n) is 3.40. The van der Waals surface area contributed by atoms with Crippen LogP contribution in [0.1, 0.15) is 22.3 Å². The van der Waals surface area contributed by atoms with Gasteiger partial charge in [-0.1, -0.05) is 30.3 Å². The molecule has 3 rings (SSSR count). The van der Waals surface area contributed by atoms with E-state index in [0.29, 0.717) is 6.54 Å². The molecule has 1 aliphatic rings. The highest BCUT2D eigenvalue weighted by Gasteiger charge is 2.31. The Morgan fingerprint density at radius 3 is 2.56 bits per heavy atom. The largest absolute Gasteiger partial charge is 0.573 e. The van der Waals surface area contributed by atoms with E-state index in [2.05, 4.69) is 20.3 Å². The van der Waals surface area contributed by atoms with E-state index >= 15 is 0 Å². The van der Waals surface area contributed by atoms with Gasteiger partial charge in [0, 0.05) is 31.4 Å². The van der Waals surface area contributed by atoms with Gasteiger partial charge in [0.1, 0.15) is 5.75 Å². The van der Waals surface area contributed by atoms with Crippen molar-refractivity contribution in [3.8, 4) is 5.75 Å². The van der Waals surface area contributed by atoms with E-state index in [4.69, 9.17) is 5.73 Å². The number of nitrogens with two attached hydrogens (primary N) is 1. The zero-order valence-electron chi connectivity index (χ0n) is 17.0. The summed E-state index contributed by atoms with van der Waals surface area (Å²) in [7, 11) is 0. The lowest BCUT2D eigenvalue weighted by Gasteiger charge is -2.17. The smallest absolute Gasteiger partial charge is 0.406 e. The van der Waals surface area contributed by atoms with E-state index in [0.717, 1.165) is 37.7 Å². The van der Waals surface area contributed by atoms with Crippen molar-refractivity contribution in [2.45, 2.75) is 25.4 Å². The number of benzene rings is 2. The van der Waals surface area contributed by atoms with Crippen molar-refractivity contribution in [1.82, 2.24) is 15.5 Å². The zero-order chi connectivity index (χ0) is 22.4. The number of hydrogen-bond donors (Lipinski definition) is 3. The molecule has 2 aromatic rings. The van der Waals surface area contributed by atoms with Crippen LogP contribution in [0.3, 0.4) is 0 Å². The molecule has 32 heavy (non-hydrogen) atoms. The summed E-state index contributed by atoms with van der Waals surface area (Å²) in [5.41, 5.74) is 6.63. The second kappa shape index (κ2) is 11.1. The minimum Gasteiger partial charge on any atom is -0.406 e. The second-order valence-electron chi connectivity index (χ2n) is 7.25. The van der Waals surface area contributed by atoms with Gasteiger partial charge in [-0.05, 0) is 30.2 Å². The molecule has 4 N–H and O–H groups in total. The fraction of sp³-hybridized carbons (Fsp3) is 0.333. The number of ether oxygens (including phenoxy) is 1. The number of nitrogens with one attached hydrogen (secondary N) is 2. The normalized spacial score (nSPS) is 16.2. The third-order valence-electron chi connectivity index (χ3n) is 4.80. The first kappa shape index (κ1) is 25.3. The van der Waals surface area contributed by atoms with Crippen LogP contribution in [0.4, 0.5) is 18.9 Å². The molecule has 1 aliphatic heterocycles. The maximum absolute atomic E-state index is 12.4. The topological polar surface area (TPSA) is 96.7 Å². The van der Waals surface area contributed by atoms with Gasteiger partial charge in [-0.2, -0.15) is 0 Å². The molecule has 2 aromatic carbocycles. The molecule has 0 aromatic heterocycles. The lowest BCUT2D eigenvalue weighted by molar-refractivity contribution is -0.274. The predicted octanol–water partition coefficient (Wildman–Crippen LogP) is 2.71. The van der Waals surface area contributed by atoms with Gasteiger partial charge in [-0.3, -0.25) is 14.5 Å². The van der Waals surface area contributed by atoms with Crippen LogP contribution in [-0.2, 0) is 11.3 Å². The summed E-state index contributed by atoms with van der Waals surface area (Å²) in [4.78, 5) is 26.7. The van der Waals surface area contributed by atoms with Crippen LogP contribution >= 0.6 is 12.4 Å². The van der Waals surface area contributed by atoms with Gasteiger partial charge in [0.15, 0.2) is 0 Å². The van der Waals surface area contributed by atoms with Crippen LogP contribution in [0, 0.1) is 0 Å². The number of carbonyl (C=O) groups is 2. The summed E-state index contributed by atoms with van der Waals surface area (Å²) in [5.74, 6) is -1.72. The van der Waals surface area contributed by atoms with E-state index in [1.54, 1.807) is 0 Å². The first-order chi connectivity index (χ1) is 14.7. The highest BCUT2D eigenvalue weighted by Crippen LogP contribution is 2.26. The third-order valence-corrected chi connectivity index (χ3v) is 4.80. The van der Waals surface area contributed by atoms with E-state index in [1.165, 1.54) is 5.56 Å². The average Bonchev–Trinajstić information content (AvgIpc) is 3.14. The number of anilines is 1. The number of nitrogens with zero attached hydrogens (tertiary/aromatic N) is 1. The number of amides is 2. The highest BCUT2D eigenvalue weighted by molar-refractivity contribution is 6.01. The summed E-state index contributed by atoms with van der Waals surface area (Å²) >= 11 is 0. The summed E-state index contributed by atoms with van der Waals surface area (Å²) in [6.07, 6.45) is -4.10. The molecule has 0 unspecified atom stereocenters. The Labute approximate surface area is 189 Å². The van der Waals surface area contributed by atoms with Crippen LogP contribution in [0.25, 0.3) is 0 Å². The first-order valence-electron chi connectivity index (χ1n) is 9.69. The Hall–Kier alpha value is -2.98. The number of alkyl halides is 3. The van der Waals surface area contributed by atoms with Crippen LogP contribution < -0.4 is 21.1 Å². The van der Waals surface area contributed by atoms with Gasteiger partial charge in [0.25, 0.3) is 5.91 Å². The number of rotatable bonds is 7. The van der Waals surface area contributed by atoms with E-state index in [1.807, 2.05) is 30.3 Å². The summed E-state index contributed by atoms with van der Waals surface area (Å²) in [6.45, 7) is 2.00. The molecule has 174 valence electrons. The summed E-state index contributed by atoms with van der Waals surface area (Å²) in [5, 5.41) is 5.23. The van der Waals surface area contributed by atoms with E-state index < -0.39 is 18.0 Å². The molecule has 0 aliphatic carbocycles. The Morgan fingerprint density at radius 2 is 1.88 bits per heavy atom. The third kappa shape index (κ3) is 7.61. The van der Waals surface area contributed by atoms with Crippen LogP contribution in [0.15, 0.2) is 48.5 Å². The Bertz CT molecular complexity index is 928. The standard InChI is InChI=1S/C21H23F3N4O3.ClH/c22-21(23,24)31-16-6-7-18(25)17(10-16)20(30)26-11-19(29)27-15-8-9-28(13-15)12-14-4-2-1-3-5-14;/h1-7,10,15H,8-9,11-13,25H2,(H,26,30)(H,27,29);1H/t15-;/m1./s1. The van der Waals surface area contributed by atoms with Crippen LogP contribution in [0.5, 0.6) is 5.75 Å². The van der Waals surface area contributed by atoms with Crippen molar-refractivity contribution < 1.29 is 27.5 Å². The molecular formula is C21H24ClF3N4O3. The molecule has 1 saturated heterocycles. The van der Waals surface area contributed by atoms with Gasteiger partial charge < -0.3 is 21.1 Å². The van der Waals surface area contributed by atoms with Crippen molar-refractivity contribution in [2.75, 3.05) is 25.4 Å². The molecule has 2 amide bonds. The molecule has 1 atom stereocenters. The fourth-order valence-corrected chi connectivity index (χ4v) is 3.40. The van der Waals surface area contributed by atoms with Crippen molar-refractivity contribution in [2.24, 2.45) is 0 Å². The molecule has 0 radical (unpaired) electrons. The minimum atomic E-state index is -4.89. The Balaban J connectivity index is 0.00000363. The quantitative estimate of drug-likeness (QED) is 0.538. The SMILES string of the molecule is Cl.Nc1ccc(OC(F)(F)F)cc1C(=O)NCC(=O)N[C@@H]1CCN(Cc2ccccc2)C1. The summed E-state index contributed by atoms with van der Waals surface area (Å²) in [6, 6.07) is 13.0. The van der Waals surface area contributed by atoms with Gasteiger partial charge >= 0.3 is 6.36 Å². The zero-order valence-corrected chi connectivity index (χ0v) is 17.8. The molecule has 1 heterocycles. The average molecular weight is 473 g/mol. The lowest BCUT2D eigenvalue weighted by atomic mass is 10.1. The first-order valence-corrected chi connectivity index (χ1v) is 9.69. The monoisotopic (exact) mass is 472 g/mol. The maximum atomic E-state index is 12.4. The number of likely N-dealkylation sites (tertiary alicyclic amines) is 1. The molecular weight excluding hydrogens is 449 g/mol. The number of halogens is 4. The molecule has 7 nitrogen and oxygen atoms in total. The maximum Gasteiger partial charge on any atom is 0.573 e. The number of carbonyl (C=O) groups excluding carboxylic acids is 2. The molecule has 0 spiro atoms. The number of nitrogen functional groups attached to an aromatic ring is 1. The van der Waals surface area contributed by atoms with E-state index in [-0.39, 0.29) is 42.2 Å². The Kier molecular flexibility index (Phi) is 8.73.